The van der Waals surface area contributed by atoms with Crippen LogP contribution in [0, 0.1) is 30.2 Å². The molecule has 9 heteroatoms. The van der Waals surface area contributed by atoms with Gasteiger partial charge in [-0.1, -0.05) is 11.6 Å². The summed E-state index contributed by atoms with van der Waals surface area (Å²) in [6.07, 6.45) is 0. The average Bonchev–Trinajstić information content (AvgIpc) is 3.13. The van der Waals surface area contributed by atoms with E-state index >= 15 is 0 Å². The molecule has 1 N–H and O–H groups in total. The summed E-state index contributed by atoms with van der Waals surface area (Å²) in [6, 6.07) is 7.71. The van der Waals surface area contributed by atoms with Gasteiger partial charge in [0, 0.05) is 11.1 Å². The lowest BCUT2D eigenvalue weighted by Gasteiger charge is -2.08. The number of nitrogens with one attached hydrogen (secondary N) is 1. The fourth-order valence-electron chi connectivity index (χ4n) is 2.30. The van der Waals surface area contributed by atoms with Gasteiger partial charge in [-0.05, 0) is 42.8 Å². The molecule has 28 heavy (non-hydrogen) atoms. The van der Waals surface area contributed by atoms with Crippen molar-refractivity contribution < 1.29 is 31.5 Å². The summed E-state index contributed by atoms with van der Waals surface area (Å²) in [6.45, 7) is 1.77. The molecule has 146 valence electrons. The average molecular weight is 414 g/mol. The third kappa shape index (κ3) is 4.12. The highest BCUT2D eigenvalue weighted by Gasteiger charge is 2.22. The van der Waals surface area contributed by atoms with Crippen molar-refractivity contribution in [1.82, 2.24) is 0 Å². The molecular formula is C19H12ClF4NO3. The van der Waals surface area contributed by atoms with Crippen molar-refractivity contribution in [2.75, 3.05) is 5.32 Å². The first-order valence-corrected chi connectivity index (χ1v) is 8.26. The summed E-state index contributed by atoms with van der Waals surface area (Å²) in [5.74, 6) is -7.37. The summed E-state index contributed by atoms with van der Waals surface area (Å²) in [5, 5.41) is 2.34. The minimum Gasteiger partial charge on any atom is -0.486 e. The molecule has 2 aromatic carbocycles. The molecule has 0 aliphatic heterocycles. The van der Waals surface area contributed by atoms with Crippen LogP contribution in [0.5, 0.6) is 5.75 Å². The Morgan fingerprint density at radius 2 is 1.75 bits per heavy atom. The Balaban J connectivity index is 1.70. The van der Waals surface area contributed by atoms with E-state index in [2.05, 4.69) is 0 Å². The van der Waals surface area contributed by atoms with Crippen molar-refractivity contribution in [3.05, 3.63) is 81.8 Å². The zero-order valence-electron chi connectivity index (χ0n) is 14.3. The van der Waals surface area contributed by atoms with Crippen LogP contribution >= 0.6 is 11.6 Å². The molecule has 1 aromatic heterocycles. The van der Waals surface area contributed by atoms with Crippen molar-refractivity contribution in [3.63, 3.8) is 0 Å². The molecule has 0 aliphatic rings. The molecule has 0 saturated heterocycles. The Hall–Kier alpha value is -3.00. The number of benzene rings is 2. The smallest absolute Gasteiger partial charge is 0.291 e. The molecule has 0 bridgehead atoms. The summed E-state index contributed by atoms with van der Waals surface area (Å²) < 4.78 is 64.4. The lowest BCUT2D eigenvalue weighted by Crippen LogP contribution is -2.15. The standard InChI is InChI=1S/C19H12ClF4NO3/c1-9-6-10(2-4-12(9)20)27-8-11-3-5-15(28-11)19(26)25-18-16(23)13(21)7-14(22)17(18)24/h2-7H,8H2,1H3,(H,25,26). The van der Waals surface area contributed by atoms with Crippen LogP contribution in [-0.2, 0) is 6.61 Å². The number of anilines is 1. The lowest BCUT2D eigenvalue weighted by molar-refractivity contribution is 0.0991. The minimum absolute atomic E-state index is 0.0360. The molecule has 4 nitrogen and oxygen atoms in total. The highest BCUT2D eigenvalue weighted by Crippen LogP contribution is 2.25. The molecule has 3 aromatic rings. The van der Waals surface area contributed by atoms with Gasteiger partial charge in [-0.2, -0.15) is 0 Å². The van der Waals surface area contributed by atoms with Crippen molar-refractivity contribution in [3.8, 4) is 5.75 Å². The molecule has 1 amide bonds. The number of carbonyl (C=O) groups excluding carboxylic acids is 1. The van der Waals surface area contributed by atoms with Gasteiger partial charge in [-0.3, -0.25) is 4.79 Å². The summed E-state index contributed by atoms with van der Waals surface area (Å²) in [7, 11) is 0. The van der Waals surface area contributed by atoms with E-state index < -0.39 is 34.9 Å². The summed E-state index contributed by atoms with van der Waals surface area (Å²) >= 11 is 5.93. The molecule has 0 atom stereocenters. The number of rotatable bonds is 5. The second-order valence-electron chi connectivity index (χ2n) is 5.76. The Morgan fingerprint density at radius 3 is 2.39 bits per heavy atom. The fourth-order valence-corrected chi connectivity index (χ4v) is 2.41. The molecule has 0 fully saturated rings. The van der Waals surface area contributed by atoms with Crippen molar-refractivity contribution >= 4 is 23.2 Å². The number of ether oxygens (including phenoxy) is 1. The van der Waals surface area contributed by atoms with E-state index in [0.717, 1.165) is 5.56 Å². The lowest BCUT2D eigenvalue weighted by atomic mass is 10.2. The van der Waals surface area contributed by atoms with E-state index in [1.165, 1.54) is 12.1 Å². The number of amides is 1. The maximum absolute atomic E-state index is 13.6. The van der Waals surface area contributed by atoms with Crippen LogP contribution in [0.1, 0.15) is 21.9 Å². The monoisotopic (exact) mass is 413 g/mol. The highest BCUT2D eigenvalue weighted by molar-refractivity contribution is 6.31. The van der Waals surface area contributed by atoms with Crippen LogP contribution in [0.15, 0.2) is 40.8 Å². The van der Waals surface area contributed by atoms with Gasteiger partial charge in [0.05, 0.1) is 0 Å². The molecular weight excluding hydrogens is 402 g/mol. The van der Waals surface area contributed by atoms with Crippen molar-refractivity contribution in [2.24, 2.45) is 0 Å². The topological polar surface area (TPSA) is 51.5 Å². The molecule has 1 heterocycles. The molecule has 0 spiro atoms. The molecule has 0 aliphatic carbocycles. The van der Waals surface area contributed by atoms with Crippen LogP contribution in [0.2, 0.25) is 5.02 Å². The Morgan fingerprint density at radius 1 is 1.07 bits per heavy atom. The summed E-state index contributed by atoms with van der Waals surface area (Å²) in [4.78, 5) is 12.1. The van der Waals surface area contributed by atoms with Gasteiger partial charge in [0.1, 0.15) is 23.8 Å². The maximum Gasteiger partial charge on any atom is 0.291 e. The number of furan rings is 1. The second-order valence-corrected chi connectivity index (χ2v) is 6.17. The fraction of sp³-hybridized carbons (Fsp3) is 0.105. The number of hydrogen-bond acceptors (Lipinski definition) is 3. The van der Waals surface area contributed by atoms with Gasteiger partial charge in [-0.15, -0.1) is 0 Å². The quantitative estimate of drug-likeness (QED) is 0.435. The SMILES string of the molecule is Cc1cc(OCc2ccc(C(=O)Nc3c(F)c(F)cc(F)c3F)o2)ccc1Cl. The predicted molar refractivity (Wildman–Crippen MR) is 93.5 cm³/mol. The zero-order chi connectivity index (χ0) is 20.4. The highest BCUT2D eigenvalue weighted by atomic mass is 35.5. The van der Waals surface area contributed by atoms with E-state index in [1.54, 1.807) is 30.4 Å². The third-order valence-electron chi connectivity index (χ3n) is 3.75. The minimum atomic E-state index is -1.72. The Kier molecular flexibility index (Phi) is 5.60. The van der Waals surface area contributed by atoms with E-state index in [1.807, 2.05) is 0 Å². The van der Waals surface area contributed by atoms with Crippen LogP contribution < -0.4 is 10.1 Å². The molecule has 3 rings (SSSR count). The zero-order valence-corrected chi connectivity index (χ0v) is 15.0. The van der Waals surface area contributed by atoms with Crippen molar-refractivity contribution in [1.29, 1.82) is 0 Å². The predicted octanol–water partition coefficient (Wildman–Crippen LogP) is 5.63. The largest absolute Gasteiger partial charge is 0.486 e. The van der Waals surface area contributed by atoms with E-state index in [4.69, 9.17) is 20.8 Å². The van der Waals surface area contributed by atoms with Gasteiger partial charge in [0.15, 0.2) is 29.0 Å². The Labute approximate surface area is 161 Å². The number of carbonyl (C=O) groups is 1. The number of halogens is 5. The molecule has 0 unspecified atom stereocenters. The van der Waals surface area contributed by atoms with Crippen LogP contribution in [0.4, 0.5) is 23.2 Å². The number of hydrogen-bond donors (Lipinski definition) is 1. The molecule has 0 radical (unpaired) electrons. The first kappa shape index (κ1) is 19.8. The first-order chi connectivity index (χ1) is 13.3. The van der Waals surface area contributed by atoms with E-state index in [0.29, 0.717) is 10.8 Å². The Bertz CT molecular complexity index is 1030. The third-order valence-corrected chi connectivity index (χ3v) is 4.17. The van der Waals surface area contributed by atoms with Gasteiger partial charge in [0.2, 0.25) is 0 Å². The van der Waals surface area contributed by atoms with Crippen LogP contribution in [0.25, 0.3) is 0 Å². The molecule has 0 saturated carbocycles. The van der Waals surface area contributed by atoms with Gasteiger partial charge >= 0.3 is 0 Å². The number of aryl methyl sites for hydroxylation is 1. The van der Waals surface area contributed by atoms with Crippen LogP contribution in [0.3, 0.4) is 0 Å². The first-order valence-electron chi connectivity index (χ1n) is 7.88. The van der Waals surface area contributed by atoms with Gasteiger partial charge in [-0.25, -0.2) is 17.6 Å². The maximum atomic E-state index is 13.6. The van der Waals surface area contributed by atoms with E-state index in [9.17, 15) is 22.4 Å². The van der Waals surface area contributed by atoms with Gasteiger partial charge < -0.3 is 14.5 Å². The second kappa shape index (κ2) is 7.93. The normalized spacial score (nSPS) is 10.8. The van der Waals surface area contributed by atoms with Gasteiger partial charge in [0.25, 0.3) is 5.91 Å². The van der Waals surface area contributed by atoms with Crippen LogP contribution in [-0.4, -0.2) is 5.91 Å². The van der Waals surface area contributed by atoms with E-state index in [-0.39, 0.29) is 24.2 Å². The summed E-state index contributed by atoms with van der Waals surface area (Å²) in [5.41, 5.74) is -0.432. The van der Waals surface area contributed by atoms with Crippen molar-refractivity contribution in [2.45, 2.75) is 13.5 Å².